The zero-order chi connectivity index (χ0) is 19.1. The molecular weight excluding hydrogens is 412 g/mol. The van der Waals surface area contributed by atoms with Crippen molar-refractivity contribution in [1.29, 1.82) is 0 Å². The van der Waals surface area contributed by atoms with Gasteiger partial charge in [0.15, 0.2) is 11.5 Å². The van der Waals surface area contributed by atoms with Crippen LogP contribution in [-0.2, 0) is 0 Å². The van der Waals surface area contributed by atoms with E-state index in [9.17, 15) is 10.1 Å². The number of nitro benzene ring substituents is 1. The van der Waals surface area contributed by atoms with Crippen LogP contribution in [0.5, 0.6) is 11.5 Å². The quantitative estimate of drug-likeness (QED) is 0.409. The second-order valence-corrected chi connectivity index (χ2v) is 7.60. The van der Waals surface area contributed by atoms with Gasteiger partial charge < -0.3 is 14.8 Å². The van der Waals surface area contributed by atoms with E-state index in [0.29, 0.717) is 11.5 Å². The van der Waals surface area contributed by atoms with Gasteiger partial charge in [-0.05, 0) is 57.6 Å². The zero-order valence-corrected chi connectivity index (χ0v) is 16.5. The van der Waals surface area contributed by atoms with Crippen molar-refractivity contribution in [1.82, 2.24) is 0 Å². The summed E-state index contributed by atoms with van der Waals surface area (Å²) in [6, 6.07) is 9.15. The second kappa shape index (κ2) is 6.88. The van der Waals surface area contributed by atoms with Gasteiger partial charge in [0.2, 0.25) is 0 Å². The van der Waals surface area contributed by atoms with Crippen LogP contribution in [-0.4, -0.2) is 19.1 Å². The Labute approximate surface area is 165 Å². The van der Waals surface area contributed by atoms with Gasteiger partial charge in [0.05, 0.1) is 29.7 Å². The minimum Gasteiger partial charge on any atom is -0.493 e. The minimum atomic E-state index is -0.342. The van der Waals surface area contributed by atoms with E-state index in [1.807, 2.05) is 12.1 Å². The number of anilines is 1. The number of nitro groups is 1. The van der Waals surface area contributed by atoms with Crippen molar-refractivity contribution in [2.45, 2.75) is 18.4 Å². The Kier molecular flexibility index (Phi) is 4.55. The van der Waals surface area contributed by atoms with Crippen LogP contribution >= 0.6 is 15.9 Å². The van der Waals surface area contributed by atoms with Crippen molar-refractivity contribution in [3.63, 3.8) is 0 Å². The molecule has 0 amide bonds. The Bertz CT molecular complexity index is 944. The van der Waals surface area contributed by atoms with Gasteiger partial charge in [-0.3, -0.25) is 10.1 Å². The van der Waals surface area contributed by atoms with Crippen LogP contribution in [0.15, 0.2) is 47.0 Å². The number of nitrogens with one attached hydrogen (secondary N) is 1. The fraction of sp³-hybridized carbons (Fsp3) is 0.300. The molecule has 2 aromatic rings. The Morgan fingerprint density at radius 3 is 2.74 bits per heavy atom. The van der Waals surface area contributed by atoms with E-state index in [1.165, 1.54) is 0 Å². The third-order valence-corrected chi connectivity index (χ3v) is 5.96. The minimum absolute atomic E-state index is 0.0649. The number of nitrogens with zero attached hydrogens (tertiary/aromatic N) is 1. The summed E-state index contributed by atoms with van der Waals surface area (Å²) >= 11 is 3.57. The number of allylic oxidation sites excluding steroid dienone is 2. The SMILES string of the molecule is COc1cc([C@H]2Nc3ccc([N+](=O)[O-])cc3[C@@H]3C=CC[C@H]23)cc(Br)c1OC. The van der Waals surface area contributed by atoms with Gasteiger partial charge in [0, 0.05) is 23.7 Å². The number of rotatable bonds is 4. The van der Waals surface area contributed by atoms with Crippen LogP contribution in [0.25, 0.3) is 0 Å². The molecule has 2 aliphatic rings. The average molecular weight is 431 g/mol. The predicted molar refractivity (Wildman–Crippen MR) is 107 cm³/mol. The van der Waals surface area contributed by atoms with Gasteiger partial charge in [-0.1, -0.05) is 12.2 Å². The van der Waals surface area contributed by atoms with Gasteiger partial charge in [-0.2, -0.15) is 0 Å². The standard InChI is InChI=1S/C20H19BrN2O4/c1-26-18-9-11(8-16(21)20(18)27-2)19-14-5-3-4-13(14)15-10-12(23(24)25)6-7-17(15)22-19/h3-4,6-10,13-14,19,22H,5H2,1-2H3/t13-,14+,19-/m1/s1. The monoisotopic (exact) mass is 430 g/mol. The van der Waals surface area contributed by atoms with Crippen molar-refractivity contribution in [2.75, 3.05) is 19.5 Å². The van der Waals surface area contributed by atoms with E-state index in [-0.39, 0.29) is 28.5 Å². The number of fused-ring (bicyclic) bond motifs is 3. The van der Waals surface area contributed by atoms with Gasteiger partial charge in [-0.15, -0.1) is 0 Å². The first-order valence-electron chi connectivity index (χ1n) is 8.66. The van der Waals surface area contributed by atoms with Crippen LogP contribution in [0, 0.1) is 16.0 Å². The normalized spacial score (nSPS) is 22.6. The number of methoxy groups -OCH3 is 2. The first-order valence-corrected chi connectivity index (χ1v) is 9.45. The van der Waals surface area contributed by atoms with Crippen molar-refractivity contribution in [2.24, 2.45) is 5.92 Å². The molecule has 140 valence electrons. The topological polar surface area (TPSA) is 73.6 Å². The average Bonchev–Trinajstić information content (AvgIpc) is 3.16. The lowest BCUT2D eigenvalue weighted by Crippen LogP contribution is -2.29. The third-order valence-electron chi connectivity index (χ3n) is 5.37. The molecule has 0 radical (unpaired) electrons. The molecule has 0 saturated heterocycles. The molecule has 0 unspecified atom stereocenters. The first-order chi connectivity index (χ1) is 13.0. The van der Waals surface area contributed by atoms with E-state index in [2.05, 4.69) is 33.4 Å². The molecule has 0 fully saturated rings. The lowest BCUT2D eigenvalue weighted by molar-refractivity contribution is -0.384. The zero-order valence-electron chi connectivity index (χ0n) is 14.9. The molecule has 0 spiro atoms. The molecule has 1 heterocycles. The molecule has 1 aliphatic carbocycles. The number of benzene rings is 2. The predicted octanol–water partition coefficient (Wildman–Crippen LogP) is 5.20. The fourth-order valence-electron chi connectivity index (χ4n) is 4.14. The Balaban J connectivity index is 1.78. The third kappa shape index (κ3) is 2.96. The van der Waals surface area contributed by atoms with E-state index < -0.39 is 0 Å². The Morgan fingerprint density at radius 2 is 2.04 bits per heavy atom. The molecule has 6 nitrogen and oxygen atoms in total. The largest absolute Gasteiger partial charge is 0.493 e. The van der Waals surface area contributed by atoms with E-state index >= 15 is 0 Å². The van der Waals surface area contributed by atoms with Crippen LogP contribution in [0.4, 0.5) is 11.4 Å². The van der Waals surface area contributed by atoms with E-state index in [4.69, 9.17) is 9.47 Å². The summed E-state index contributed by atoms with van der Waals surface area (Å²) in [6.07, 6.45) is 5.24. The molecular formula is C20H19BrN2O4. The number of non-ortho nitro benzene ring substituents is 1. The molecule has 1 N–H and O–H groups in total. The molecule has 2 aromatic carbocycles. The van der Waals surface area contributed by atoms with Gasteiger partial charge in [0.25, 0.3) is 5.69 Å². The summed E-state index contributed by atoms with van der Waals surface area (Å²) in [7, 11) is 3.23. The van der Waals surface area contributed by atoms with E-state index in [1.54, 1.807) is 32.4 Å². The smallest absolute Gasteiger partial charge is 0.269 e. The molecule has 27 heavy (non-hydrogen) atoms. The summed E-state index contributed by atoms with van der Waals surface area (Å²) in [5, 5.41) is 14.8. The molecule has 3 atom stereocenters. The maximum Gasteiger partial charge on any atom is 0.269 e. The van der Waals surface area contributed by atoms with Crippen LogP contribution in [0.1, 0.15) is 29.5 Å². The molecule has 0 bridgehead atoms. The number of hydrogen-bond acceptors (Lipinski definition) is 5. The molecule has 0 aromatic heterocycles. The maximum absolute atomic E-state index is 11.2. The lowest BCUT2D eigenvalue weighted by Gasteiger charge is -2.37. The van der Waals surface area contributed by atoms with Crippen LogP contribution < -0.4 is 14.8 Å². The highest BCUT2D eigenvalue weighted by Crippen LogP contribution is 2.51. The molecule has 0 saturated carbocycles. The molecule has 1 aliphatic heterocycles. The molecule has 4 rings (SSSR count). The second-order valence-electron chi connectivity index (χ2n) is 6.74. The highest BCUT2D eigenvalue weighted by molar-refractivity contribution is 9.10. The Hall–Kier alpha value is -2.54. The highest BCUT2D eigenvalue weighted by atomic mass is 79.9. The lowest BCUT2D eigenvalue weighted by atomic mass is 9.77. The van der Waals surface area contributed by atoms with Crippen molar-refractivity contribution in [3.05, 3.63) is 68.2 Å². The number of hydrogen-bond donors (Lipinski definition) is 1. The van der Waals surface area contributed by atoms with Gasteiger partial charge in [-0.25, -0.2) is 0 Å². The van der Waals surface area contributed by atoms with Crippen LogP contribution in [0.3, 0.4) is 0 Å². The fourth-order valence-corrected chi connectivity index (χ4v) is 4.76. The summed E-state index contributed by atoms with van der Waals surface area (Å²) < 4.78 is 11.7. The highest BCUT2D eigenvalue weighted by Gasteiger charge is 2.39. The van der Waals surface area contributed by atoms with E-state index in [0.717, 1.165) is 27.7 Å². The number of halogens is 1. The summed E-state index contributed by atoms with van der Waals surface area (Å²) in [6.45, 7) is 0. The Morgan fingerprint density at radius 1 is 1.22 bits per heavy atom. The van der Waals surface area contributed by atoms with Crippen molar-refractivity contribution in [3.8, 4) is 11.5 Å². The molecule has 7 heteroatoms. The maximum atomic E-state index is 11.2. The summed E-state index contributed by atoms with van der Waals surface area (Å²) in [4.78, 5) is 10.8. The van der Waals surface area contributed by atoms with Gasteiger partial charge >= 0.3 is 0 Å². The van der Waals surface area contributed by atoms with Crippen molar-refractivity contribution >= 4 is 27.3 Å². The van der Waals surface area contributed by atoms with Crippen LogP contribution in [0.2, 0.25) is 0 Å². The summed E-state index contributed by atoms with van der Waals surface area (Å²) in [5.74, 6) is 1.76. The van der Waals surface area contributed by atoms with Crippen molar-refractivity contribution < 1.29 is 14.4 Å². The first kappa shape index (κ1) is 17.9. The number of ether oxygens (including phenoxy) is 2. The summed E-state index contributed by atoms with van der Waals surface area (Å²) in [5.41, 5.74) is 3.13. The van der Waals surface area contributed by atoms with Gasteiger partial charge in [0.1, 0.15) is 0 Å².